The minimum absolute atomic E-state index is 0.128. The molecule has 1 aliphatic heterocycles. The Balaban J connectivity index is 2.61. The molecule has 6 heteroatoms. The number of pyridine rings is 1. The van der Waals surface area contributed by atoms with E-state index in [1.807, 2.05) is 20.8 Å². The Morgan fingerprint density at radius 1 is 1.31 bits per heavy atom. The van der Waals surface area contributed by atoms with E-state index in [2.05, 4.69) is 14.7 Å². The summed E-state index contributed by atoms with van der Waals surface area (Å²) in [6, 6.07) is 3.07. The maximum atomic E-state index is 11.9. The van der Waals surface area contributed by atoms with Crippen molar-refractivity contribution in [2.75, 3.05) is 5.32 Å². The first kappa shape index (κ1) is 11.1. The third-order valence-electron chi connectivity index (χ3n) is 2.21. The normalized spacial score (nSPS) is 18.3. The van der Waals surface area contributed by atoms with Crippen LogP contribution in [0, 0.1) is 5.41 Å². The molecule has 0 aromatic carbocycles. The summed E-state index contributed by atoms with van der Waals surface area (Å²) < 4.78 is 27.5. The second kappa shape index (κ2) is 3.28. The van der Waals surface area contributed by atoms with Crippen molar-refractivity contribution in [3.05, 3.63) is 18.3 Å². The summed E-state index contributed by atoms with van der Waals surface area (Å²) in [6.07, 6.45) is 1.55. The van der Waals surface area contributed by atoms with Gasteiger partial charge in [0.05, 0.1) is 0 Å². The highest BCUT2D eigenvalue weighted by Gasteiger charge is 2.30. The van der Waals surface area contributed by atoms with Crippen molar-refractivity contribution < 1.29 is 8.42 Å². The van der Waals surface area contributed by atoms with E-state index < -0.39 is 10.0 Å². The van der Waals surface area contributed by atoms with E-state index in [-0.39, 0.29) is 10.3 Å². The molecule has 0 amide bonds. The van der Waals surface area contributed by atoms with E-state index in [9.17, 15) is 8.42 Å². The van der Waals surface area contributed by atoms with Gasteiger partial charge < -0.3 is 5.32 Å². The molecule has 0 atom stereocenters. The molecule has 0 aliphatic carbocycles. The van der Waals surface area contributed by atoms with Crippen LogP contribution in [0.1, 0.15) is 20.8 Å². The molecule has 1 aromatic heterocycles. The zero-order valence-corrected chi connectivity index (χ0v) is 10.2. The number of hydrogen-bond acceptors (Lipinski definition) is 4. The first-order chi connectivity index (χ1) is 7.31. The van der Waals surface area contributed by atoms with Gasteiger partial charge in [0, 0.05) is 11.6 Å². The number of nitrogens with one attached hydrogen (secondary N) is 1. The van der Waals surface area contributed by atoms with Gasteiger partial charge >= 0.3 is 0 Å². The zero-order chi connectivity index (χ0) is 12.0. The predicted octanol–water partition coefficient (Wildman–Crippen LogP) is 1.64. The Kier molecular flexibility index (Phi) is 2.27. The average molecular weight is 239 g/mol. The first-order valence-electron chi connectivity index (χ1n) is 4.88. The summed E-state index contributed by atoms with van der Waals surface area (Å²) in [5.41, 5.74) is -0.359. The summed E-state index contributed by atoms with van der Waals surface area (Å²) in [7, 11) is -3.61. The highest BCUT2D eigenvalue weighted by molar-refractivity contribution is 7.90. The Morgan fingerprint density at radius 3 is 2.62 bits per heavy atom. The van der Waals surface area contributed by atoms with Crippen molar-refractivity contribution in [1.29, 1.82) is 0 Å². The van der Waals surface area contributed by atoms with Gasteiger partial charge in [-0.15, -0.1) is 4.40 Å². The topological polar surface area (TPSA) is 71.4 Å². The molecular weight excluding hydrogens is 226 g/mol. The molecular formula is C10H13N3O2S. The number of anilines is 1. The van der Waals surface area contributed by atoms with Gasteiger partial charge in [0.15, 0.2) is 5.82 Å². The highest BCUT2D eigenvalue weighted by Crippen LogP contribution is 2.29. The van der Waals surface area contributed by atoms with Crippen LogP contribution < -0.4 is 5.32 Å². The first-order valence-corrected chi connectivity index (χ1v) is 6.32. The van der Waals surface area contributed by atoms with Crippen LogP contribution in [0.5, 0.6) is 0 Å². The van der Waals surface area contributed by atoms with E-state index in [0.717, 1.165) is 0 Å². The van der Waals surface area contributed by atoms with Gasteiger partial charge in [-0.1, -0.05) is 20.8 Å². The lowest BCUT2D eigenvalue weighted by atomic mass is 9.95. The van der Waals surface area contributed by atoms with Crippen molar-refractivity contribution in [3.63, 3.8) is 0 Å². The molecule has 0 unspecified atom stereocenters. The lowest BCUT2D eigenvalue weighted by Gasteiger charge is -2.25. The minimum atomic E-state index is -3.61. The molecule has 2 rings (SSSR count). The van der Waals surface area contributed by atoms with Crippen molar-refractivity contribution in [2.24, 2.45) is 9.81 Å². The monoisotopic (exact) mass is 239 g/mol. The molecule has 2 heterocycles. The fraction of sp³-hybridized carbons (Fsp3) is 0.400. The lowest BCUT2D eigenvalue weighted by molar-refractivity contribution is 0.577. The summed E-state index contributed by atoms with van der Waals surface area (Å²) in [5.74, 6) is 0.765. The van der Waals surface area contributed by atoms with E-state index in [1.165, 1.54) is 6.07 Å². The van der Waals surface area contributed by atoms with Crippen LogP contribution in [0.25, 0.3) is 0 Å². The van der Waals surface area contributed by atoms with Crippen molar-refractivity contribution >= 4 is 21.7 Å². The fourth-order valence-corrected chi connectivity index (χ4v) is 2.58. The quantitative estimate of drug-likeness (QED) is 0.747. The Labute approximate surface area is 94.7 Å². The largest absolute Gasteiger partial charge is 0.326 e. The number of hydrogen-bond donors (Lipinski definition) is 1. The summed E-state index contributed by atoms with van der Waals surface area (Å²) in [4.78, 5) is 4.14. The lowest BCUT2D eigenvalue weighted by Crippen LogP contribution is -2.33. The smallest absolute Gasteiger partial charge is 0.287 e. The molecule has 16 heavy (non-hydrogen) atoms. The standard InChI is InChI=1S/C10H13N3O2S/c1-10(2,3)9-12-8-7(5-4-6-11-8)16(14,15)13-9/h4-6H,1-3H3,(H,11,12,13). The van der Waals surface area contributed by atoms with Gasteiger partial charge in [0.25, 0.3) is 10.0 Å². The molecule has 1 aliphatic rings. The number of rotatable bonds is 0. The van der Waals surface area contributed by atoms with Crippen molar-refractivity contribution in [1.82, 2.24) is 4.98 Å². The third-order valence-corrected chi connectivity index (χ3v) is 3.52. The SMILES string of the molecule is CC(C)(C)C1=NS(=O)(=O)c2cccnc2N1. The number of nitrogens with zero attached hydrogens (tertiary/aromatic N) is 2. The van der Waals surface area contributed by atoms with Crippen LogP contribution in [0.4, 0.5) is 5.82 Å². The van der Waals surface area contributed by atoms with Crippen molar-refractivity contribution in [2.45, 2.75) is 25.7 Å². The van der Waals surface area contributed by atoms with E-state index >= 15 is 0 Å². The summed E-state index contributed by atoms with van der Waals surface area (Å²) in [5, 5.41) is 2.95. The zero-order valence-electron chi connectivity index (χ0n) is 9.35. The van der Waals surface area contributed by atoms with Crippen LogP contribution >= 0.6 is 0 Å². The molecule has 5 nitrogen and oxygen atoms in total. The molecule has 1 N–H and O–H groups in total. The third kappa shape index (κ3) is 1.80. The number of amidine groups is 1. The maximum absolute atomic E-state index is 11.9. The molecule has 0 fully saturated rings. The van der Waals surface area contributed by atoms with Crippen LogP contribution in [0.15, 0.2) is 27.6 Å². The Morgan fingerprint density at radius 2 is 2.00 bits per heavy atom. The van der Waals surface area contributed by atoms with Crippen LogP contribution in [-0.2, 0) is 10.0 Å². The molecule has 0 bridgehead atoms. The van der Waals surface area contributed by atoms with Crippen LogP contribution in [0.2, 0.25) is 0 Å². The summed E-state index contributed by atoms with van der Waals surface area (Å²) >= 11 is 0. The Bertz CT molecular complexity index is 556. The average Bonchev–Trinajstić information content (AvgIpc) is 2.15. The molecule has 0 radical (unpaired) electrons. The van der Waals surface area contributed by atoms with Gasteiger partial charge in [-0.3, -0.25) is 0 Å². The highest BCUT2D eigenvalue weighted by atomic mass is 32.2. The molecule has 1 aromatic rings. The molecule has 86 valence electrons. The number of aromatic nitrogens is 1. The van der Waals surface area contributed by atoms with E-state index in [4.69, 9.17) is 0 Å². The van der Waals surface area contributed by atoms with Gasteiger partial charge in [-0.2, -0.15) is 8.42 Å². The fourth-order valence-electron chi connectivity index (χ4n) is 1.32. The van der Waals surface area contributed by atoms with Crippen molar-refractivity contribution in [3.8, 4) is 0 Å². The minimum Gasteiger partial charge on any atom is -0.326 e. The molecule has 0 spiro atoms. The second-order valence-corrected chi connectivity index (χ2v) is 6.21. The maximum Gasteiger partial charge on any atom is 0.287 e. The predicted molar refractivity (Wildman–Crippen MR) is 61.9 cm³/mol. The van der Waals surface area contributed by atoms with Gasteiger partial charge in [-0.25, -0.2) is 4.98 Å². The second-order valence-electron chi connectivity index (χ2n) is 4.64. The van der Waals surface area contributed by atoms with Gasteiger partial charge in [0.2, 0.25) is 0 Å². The molecule has 0 saturated carbocycles. The number of sulfonamides is 1. The number of fused-ring (bicyclic) bond motifs is 1. The van der Waals surface area contributed by atoms with Crippen LogP contribution in [0.3, 0.4) is 0 Å². The van der Waals surface area contributed by atoms with Gasteiger partial charge in [0.1, 0.15) is 10.7 Å². The van der Waals surface area contributed by atoms with E-state index in [1.54, 1.807) is 12.3 Å². The van der Waals surface area contributed by atoms with Crippen LogP contribution in [-0.4, -0.2) is 19.2 Å². The van der Waals surface area contributed by atoms with Gasteiger partial charge in [-0.05, 0) is 12.1 Å². The van der Waals surface area contributed by atoms with E-state index in [0.29, 0.717) is 11.7 Å². The summed E-state index contributed by atoms with van der Waals surface area (Å²) in [6.45, 7) is 5.67. The Hall–Kier alpha value is -1.43. The molecule has 0 saturated heterocycles.